The van der Waals surface area contributed by atoms with Gasteiger partial charge in [-0.05, 0) is 5.56 Å². The van der Waals surface area contributed by atoms with Crippen LogP contribution in [0.2, 0.25) is 0 Å². The van der Waals surface area contributed by atoms with Crippen LogP contribution in [0.4, 0.5) is 13.2 Å². The maximum Gasteiger partial charge on any atom is 0.471 e. The molecular formula is C11H9F3NO3-. The highest BCUT2D eigenvalue weighted by molar-refractivity contribution is 5.82. The van der Waals surface area contributed by atoms with E-state index in [-0.39, 0.29) is 5.56 Å². The van der Waals surface area contributed by atoms with Gasteiger partial charge in [-0.25, -0.2) is 0 Å². The summed E-state index contributed by atoms with van der Waals surface area (Å²) in [6, 6.07) is 6.24. The van der Waals surface area contributed by atoms with Crippen molar-refractivity contribution >= 4 is 11.9 Å². The van der Waals surface area contributed by atoms with Crippen LogP contribution in [0.3, 0.4) is 0 Å². The number of benzene rings is 1. The van der Waals surface area contributed by atoms with Crippen LogP contribution >= 0.6 is 0 Å². The second-order valence-corrected chi connectivity index (χ2v) is 3.51. The smallest absolute Gasteiger partial charge is 0.471 e. The minimum Gasteiger partial charge on any atom is -0.550 e. The molecule has 98 valence electrons. The Bertz CT molecular complexity index is 431. The molecule has 0 heterocycles. The fourth-order valence-corrected chi connectivity index (χ4v) is 1.34. The Morgan fingerprint density at radius 3 is 2.22 bits per heavy atom. The molecule has 0 aliphatic carbocycles. The molecule has 0 spiro atoms. The maximum absolute atomic E-state index is 12.1. The molecule has 1 N–H and O–H groups in total. The molecule has 1 amide bonds. The Morgan fingerprint density at radius 2 is 1.78 bits per heavy atom. The lowest BCUT2D eigenvalue weighted by atomic mass is 10.0. The average Bonchev–Trinajstić information content (AvgIpc) is 2.27. The van der Waals surface area contributed by atoms with Gasteiger partial charge in [-0.2, -0.15) is 13.2 Å². The van der Waals surface area contributed by atoms with E-state index in [4.69, 9.17) is 0 Å². The van der Waals surface area contributed by atoms with Crippen LogP contribution in [0, 0.1) is 0 Å². The Balaban J connectivity index is 2.87. The van der Waals surface area contributed by atoms with Crippen molar-refractivity contribution < 1.29 is 27.9 Å². The SMILES string of the molecule is O=C([O-])C[C@H](NC(=O)C(F)(F)F)c1ccccc1. The molecular weight excluding hydrogens is 251 g/mol. The molecule has 0 radical (unpaired) electrons. The Labute approximate surface area is 100 Å². The summed E-state index contributed by atoms with van der Waals surface area (Å²) >= 11 is 0. The highest BCUT2D eigenvalue weighted by atomic mass is 19.4. The highest BCUT2D eigenvalue weighted by Crippen LogP contribution is 2.20. The number of halogens is 3. The predicted molar refractivity (Wildman–Crippen MR) is 53.0 cm³/mol. The molecule has 18 heavy (non-hydrogen) atoms. The van der Waals surface area contributed by atoms with E-state index in [9.17, 15) is 27.9 Å². The third kappa shape index (κ3) is 4.08. The molecule has 4 nitrogen and oxygen atoms in total. The standard InChI is InChI=1S/C11H10F3NO3/c12-11(13,14)10(18)15-8(6-9(16)17)7-4-2-1-3-5-7/h1-5,8H,6H2,(H,15,18)(H,16,17)/p-1/t8-/m0/s1. The number of carboxylic acids is 1. The first-order valence-electron chi connectivity index (χ1n) is 4.93. The summed E-state index contributed by atoms with van der Waals surface area (Å²) in [5.41, 5.74) is 0.263. The van der Waals surface area contributed by atoms with Crippen molar-refractivity contribution in [3.8, 4) is 0 Å². The first-order chi connectivity index (χ1) is 8.30. The number of rotatable bonds is 4. The minimum atomic E-state index is -5.06. The van der Waals surface area contributed by atoms with Gasteiger partial charge >= 0.3 is 12.1 Å². The third-order valence-corrected chi connectivity index (χ3v) is 2.14. The van der Waals surface area contributed by atoms with Crippen molar-refractivity contribution in [1.82, 2.24) is 5.32 Å². The number of carbonyl (C=O) groups excluding carboxylic acids is 2. The van der Waals surface area contributed by atoms with Crippen LogP contribution in [-0.2, 0) is 9.59 Å². The first-order valence-corrected chi connectivity index (χ1v) is 4.93. The molecule has 0 fully saturated rings. The average molecular weight is 260 g/mol. The zero-order valence-corrected chi connectivity index (χ0v) is 9.03. The molecule has 7 heteroatoms. The van der Waals surface area contributed by atoms with E-state index in [1.807, 2.05) is 0 Å². The number of nitrogens with one attached hydrogen (secondary N) is 1. The number of hydrogen-bond acceptors (Lipinski definition) is 3. The summed E-state index contributed by atoms with van der Waals surface area (Å²) < 4.78 is 36.3. The number of amides is 1. The summed E-state index contributed by atoms with van der Waals surface area (Å²) in [7, 11) is 0. The van der Waals surface area contributed by atoms with Gasteiger partial charge in [-0.1, -0.05) is 30.3 Å². The van der Waals surface area contributed by atoms with E-state index >= 15 is 0 Å². The van der Waals surface area contributed by atoms with Crippen molar-refractivity contribution in [1.29, 1.82) is 0 Å². The van der Waals surface area contributed by atoms with E-state index in [1.165, 1.54) is 24.3 Å². The third-order valence-electron chi connectivity index (χ3n) is 2.14. The number of alkyl halides is 3. The van der Waals surface area contributed by atoms with Crippen LogP contribution in [-0.4, -0.2) is 18.1 Å². The van der Waals surface area contributed by atoms with E-state index in [0.29, 0.717) is 0 Å². The zero-order valence-electron chi connectivity index (χ0n) is 9.03. The van der Waals surface area contributed by atoms with Crippen LogP contribution in [0.25, 0.3) is 0 Å². The van der Waals surface area contributed by atoms with Gasteiger partial charge in [0.25, 0.3) is 0 Å². The maximum atomic E-state index is 12.1. The van der Waals surface area contributed by atoms with Crippen molar-refractivity contribution in [3.63, 3.8) is 0 Å². The summed E-state index contributed by atoms with van der Waals surface area (Å²) in [6.45, 7) is 0. The van der Waals surface area contributed by atoms with E-state index in [0.717, 1.165) is 0 Å². The molecule has 1 aromatic rings. The molecule has 1 aromatic carbocycles. The highest BCUT2D eigenvalue weighted by Gasteiger charge is 2.39. The van der Waals surface area contributed by atoms with Gasteiger partial charge in [-0.15, -0.1) is 0 Å². The molecule has 0 aliphatic heterocycles. The lowest BCUT2D eigenvalue weighted by molar-refractivity contribution is -0.306. The molecule has 1 atom stereocenters. The van der Waals surface area contributed by atoms with Gasteiger partial charge in [0, 0.05) is 12.4 Å². The zero-order chi connectivity index (χ0) is 13.8. The first kappa shape index (κ1) is 14.0. The predicted octanol–water partition coefficient (Wildman–Crippen LogP) is 0.546. The van der Waals surface area contributed by atoms with E-state index in [2.05, 4.69) is 0 Å². The normalized spacial score (nSPS) is 12.8. The minimum absolute atomic E-state index is 0.263. The molecule has 0 saturated carbocycles. The summed E-state index contributed by atoms with van der Waals surface area (Å²) in [5, 5.41) is 12.1. The second-order valence-electron chi connectivity index (χ2n) is 3.51. The lowest BCUT2D eigenvalue weighted by Gasteiger charge is -2.20. The van der Waals surface area contributed by atoms with Gasteiger partial charge in [0.2, 0.25) is 0 Å². The van der Waals surface area contributed by atoms with Crippen molar-refractivity contribution in [2.75, 3.05) is 0 Å². The molecule has 1 rings (SSSR count). The Kier molecular flexibility index (Phi) is 4.30. The number of hydrogen-bond donors (Lipinski definition) is 1. The number of aliphatic carboxylic acids is 1. The lowest BCUT2D eigenvalue weighted by Crippen LogP contribution is -2.41. The van der Waals surface area contributed by atoms with Crippen LogP contribution in [0.1, 0.15) is 18.0 Å². The molecule has 0 bridgehead atoms. The van der Waals surface area contributed by atoms with Crippen LogP contribution < -0.4 is 10.4 Å². The van der Waals surface area contributed by atoms with Crippen LogP contribution in [0.15, 0.2) is 30.3 Å². The van der Waals surface area contributed by atoms with Gasteiger partial charge in [0.15, 0.2) is 0 Å². The molecule has 0 aliphatic rings. The molecule has 0 aromatic heterocycles. The summed E-state index contributed by atoms with van der Waals surface area (Å²) in [6.07, 6.45) is -5.79. The summed E-state index contributed by atoms with van der Waals surface area (Å²) in [4.78, 5) is 21.3. The fourth-order valence-electron chi connectivity index (χ4n) is 1.34. The molecule has 0 unspecified atom stereocenters. The van der Waals surface area contributed by atoms with Crippen LogP contribution in [0.5, 0.6) is 0 Å². The van der Waals surface area contributed by atoms with Gasteiger partial charge < -0.3 is 15.2 Å². The second kappa shape index (κ2) is 5.52. The van der Waals surface area contributed by atoms with Gasteiger partial charge in [-0.3, -0.25) is 4.79 Å². The fraction of sp³-hybridized carbons (Fsp3) is 0.273. The molecule has 0 saturated heterocycles. The van der Waals surface area contributed by atoms with Crippen molar-refractivity contribution in [2.24, 2.45) is 0 Å². The van der Waals surface area contributed by atoms with Crippen molar-refractivity contribution in [3.05, 3.63) is 35.9 Å². The summed E-state index contributed by atoms with van der Waals surface area (Å²) in [5.74, 6) is -3.73. The van der Waals surface area contributed by atoms with Gasteiger partial charge in [0.1, 0.15) is 0 Å². The largest absolute Gasteiger partial charge is 0.550 e. The Morgan fingerprint density at radius 1 is 1.22 bits per heavy atom. The van der Waals surface area contributed by atoms with E-state index < -0.39 is 30.5 Å². The quantitative estimate of drug-likeness (QED) is 0.859. The van der Waals surface area contributed by atoms with E-state index in [1.54, 1.807) is 11.4 Å². The van der Waals surface area contributed by atoms with Gasteiger partial charge in [0.05, 0.1) is 6.04 Å². The number of carboxylic acid groups (broad SMARTS) is 1. The topological polar surface area (TPSA) is 69.2 Å². The monoisotopic (exact) mass is 260 g/mol. The Hall–Kier alpha value is -2.05. The number of carbonyl (C=O) groups is 2. The van der Waals surface area contributed by atoms with Crippen molar-refractivity contribution in [2.45, 2.75) is 18.6 Å².